The molecule has 1 aliphatic carbocycles. The molecule has 4 nitrogen and oxygen atoms in total. The van der Waals surface area contributed by atoms with E-state index in [1.165, 1.54) is 34.1 Å². The molecule has 1 aromatic carbocycles. The fourth-order valence-electron chi connectivity index (χ4n) is 4.41. The van der Waals surface area contributed by atoms with E-state index < -0.39 is 0 Å². The molecule has 24 heavy (non-hydrogen) atoms. The van der Waals surface area contributed by atoms with Crippen LogP contribution in [-0.2, 0) is 20.0 Å². The number of benzene rings is 1. The molecule has 0 bridgehead atoms. The van der Waals surface area contributed by atoms with Crippen molar-refractivity contribution in [2.75, 3.05) is 13.1 Å². The SMILES string of the molecule is Cn1nc(-c2ccccc2)c2c1C[C@H]1CN(Cc3nccs3)C[C@H]21. The summed E-state index contributed by atoms with van der Waals surface area (Å²) in [4.78, 5) is 7.02. The van der Waals surface area contributed by atoms with E-state index in [2.05, 4.69) is 57.3 Å². The fourth-order valence-corrected chi connectivity index (χ4v) is 5.07. The summed E-state index contributed by atoms with van der Waals surface area (Å²) in [5, 5.41) is 8.15. The van der Waals surface area contributed by atoms with Crippen LogP contribution in [0.2, 0.25) is 0 Å². The highest BCUT2D eigenvalue weighted by molar-refractivity contribution is 7.09. The van der Waals surface area contributed by atoms with Crippen molar-refractivity contribution in [3.63, 3.8) is 0 Å². The Balaban J connectivity index is 1.47. The molecule has 5 rings (SSSR count). The summed E-state index contributed by atoms with van der Waals surface area (Å²) in [5.41, 5.74) is 5.37. The van der Waals surface area contributed by atoms with E-state index in [9.17, 15) is 0 Å². The third-order valence-corrected chi connectivity index (χ3v) is 6.20. The van der Waals surface area contributed by atoms with Crippen LogP contribution in [0.4, 0.5) is 0 Å². The van der Waals surface area contributed by atoms with Crippen molar-refractivity contribution in [1.82, 2.24) is 19.7 Å². The van der Waals surface area contributed by atoms with Crippen molar-refractivity contribution in [2.24, 2.45) is 13.0 Å². The van der Waals surface area contributed by atoms with Crippen LogP contribution in [0.5, 0.6) is 0 Å². The van der Waals surface area contributed by atoms with Crippen molar-refractivity contribution in [1.29, 1.82) is 0 Å². The second kappa shape index (κ2) is 5.53. The third kappa shape index (κ3) is 2.23. The smallest absolute Gasteiger partial charge is 0.107 e. The fraction of sp³-hybridized carbons (Fsp3) is 0.368. The summed E-state index contributed by atoms with van der Waals surface area (Å²) in [6, 6.07) is 10.6. The lowest BCUT2D eigenvalue weighted by atomic mass is 9.94. The summed E-state index contributed by atoms with van der Waals surface area (Å²) in [6.07, 6.45) is 3.06. The molecule has 1 saturated heterocycles. The number of nitrogens with zero attached hydrogens (tertiary/aromatic N) is 4. The summed E-state index contributed by atoms with van der Waals surface area (Å²) in [5.74, 6) is 1.34. The molecule has 0 unspecified atom stereocenters. The lowest BCUT2D eigenvalue weighted by Gasteiger charge is -2.15. The van der Waals surface area contributed by atoms with Gasteiger partial charge in [-0.2, -0.15) is 5.10 Å². The van der Waals surface area contributed by atoms with Gasteiger partial charge in [-0.15, -0.1) is 11.3 Å². The zero-order valence-electron chi connectivity index (χ0n) is 13.7. The zero-order chi connectivity index (χ0) is 16.1. The van der Waals surface area contributed by atoms with E-state index in [-0.39, 0.29) is 0 Å². The van der Waals surface area contributed by atoms with Gasteiger partial charge in [0.15, 0.2) is 0 Å². The minimum Gasteiger partial charge on any atom is -0.296 e. The number of hydrogen-bond donors (Lipinski definition) is 0. The largest absolute Gasteiger partial charge is 0.296 e. The monoisotopic (exact) mass is 336 g/mol. The van der Waals surface area contributed by atoms with E-state index >= 15 is 0 Å². The maximum atomic E-state index is 4.85. The molecule has 3 heterocycles. The number of likely N-dealkylation sites (tertiary alicyclic amines) is 1. The van der Waals surface area contributed by atoms with E-state index in [4.69, 9.17) is 5.10 Å². The Hall–Kier alpha value is -1.98. The van der Waals surface area contributed by atoms with Gasteiger partial charge in [0.2, 0.25) is 0 Å². The Morgan fingerprint density at radius 1 is 1.21 bits per heavy atom. The van der Waals surface area contributed by atoms with Crippen molar-refractivity contribution in [3.8, 4) is 11.3 Å². The Labute approximate surface area is 145 Å². The van der Waals surface area contributed by atoms with Crippen LogP contribution >= 0.6 is 11.3 Å². The highest BCUT2D eigenvalue weighted by Crippen LogP contribution is 2.47. The maximum absolute atomic E-state index is 4.85. The van der Waals surface area contributed by atoms with Crippen LogP contribution in [0.3, 0.4) is 0 Å². The average Bonchev–Trinajstić information content (AvgIpc) is 3.33. The molecule has 2 aliphatic rings. The first-order chi connectivity index (χ1) is 11.8. The number of hydrogen-bond acceptors (Lipinski definition) is 4. The highest BCUT2D eigenvalue weighted by atomic mass is 32.1. The number of thiazole rings is 1. The molecule has 0 radical (unpaired) electrons. The molecule has 2 aromatic heterocycles. The van der Waals surface area contributed by atoms with Crippen LogP contribution in [-0.4, -0.2) is 32.8 Å². The van der Waals surface area contributed by atoms with Gasteiger partial charge in [-0.25, -0.2) is 4.98 Å². The Morgan fingerprint density at radius 3 is 2.88 bits per heavy atom. The van der Waals surface area contributed by atoms with Crippen molar-refractivity contribution in [2.45, 2.75) is 18.9 Å². The predicted molar refractivity (Wildman–Crippen MR) is 96.0 cm³/mol. The molecule has 1 fully saturated rings. The minimum atomic E-state index is 0.615. The number of aryl methyl sites for hydroxylation is 1. The van der Waals surface area contributed by atoms with Crippen LogP contribution in [0.15, 0.2) is 41.9 Å². The molecule has 0 amide bonds. The van der Waals surface area contributed by atoms with Gasteiger partial charge in [0.1, 0.15) is 5.01 Å². The summed E-state index contributed by atoms with van der Waals surface area (Å²) < 4.78 is 2.11. The lowest BCUT2D eigenvalue weighted by Crippen LogP contribution is -2.21. The molecule has 0 saturated carbocycles. The van der Waals surface area contributed by atoms with E-state index in [1.54, 1.807) is 11.3 Å². The Morgan fingerprint density at radius 2 is 2.08 bits per heavy atom. The van der Waals surface area contributed by atoms with Crippen LogP contribution in [0.1, 0.15) is 22.2 Å². The summed E-state index contributed by atoms with van der Waals surface area (Å²) in [6.45, 7) is 3.29. The molecule has 3 aromatic rings. The number of rotatable bonds is 3. The van der Waals surface area contributed by atoms with Crippen LogP contribution < -0.4 is 0 Å². The van der Waals surface area contributed by atoms with Crippen molar-refractivity contribution in [3.05, 3.63) is 58.2 Å². The standard InChI is InChI=1S/C19H20N4S/c1-22-16-9-14-10-23(12-17-20-7-8-24-17)11-15(14)18(16)19(21-22)13-5-3-2-4-6-13/h2-8,14-15H,9-12H2,1H3/t14-,15-/m0/s1. The molecule has 5 heteroatoms. The van der Waals surface area contributed by atoms with Gasteiger partial charge in [0.25, 0.3) is 0 Å². The number of fused-ring (bicyclic) bond motifs is 3. The van der Waals surface area contributed by atoms with Gasteiger partial charge in [-0.1, -0.05) is 30.3 Å². The molecule has 2 atom stereocenters. The van der Waals surface area contributed by atoms with Crippen molar-refractivity contribution >= 4 is 11.3 Å². The first-order valence-corrected chi connectivity index (χ1v) is 9.39. The second-order valence-electron chi connectivity index (χ2n) is 6.89. The Bertz CT molecular complexity index is 853. The van der Waals surface area contributed by atoms with Gasteiger partial charge >= 0.3 is 0 Å². The highest BCUT2D eigenvalue weighted by Gasteiger charge is 2.43. The zero-order valence-corrected chi connectivity index (χ0v) is 14.5. The average molecular weight is 336 g/mol. The quantitative estimate of drug-likeness (QED) is 0.736. The Kier molecular flexibility index (Phi) is 3.31. The van der Waals surface area contributed by atoms with Gasteiger partial charge in [0, 0.05) is 54.5 Å². The summed E-state index contributed by atoms with van der Waals surface area (Å²) >= 11 is 1.76. The topological polar surface area (TPSA) is 34.0 Å². The van der Waals surface area contributed by atoms with Crippen LogP contribution in [0.25, 0.3) is 11.3 Å². The van der Waals surface area contributed by atoms with Gasteiger partial charge in [-0.3, -0.25) is 9.58 Å². The predicted octanol–water partition coefficient (Wildman–Crippen LogP) is 3.32. The molecule has 0 N–H and O–H groups in total. The lowest BCUT2D eigenvalue weighted by molar-refractivity contribution is 0.313. The van der Waals surface area contributed by atoms with E-state index in [0.717, 1.165) is 25.4 Å². The number of aromatic nitrogens is 3. The van der Waals surface area contributed by atoms with E-state index in [1.807, 2.05) is 6.20 Å². The van der Waals surface area contributed by atoms with Crippen LogP contribution in [0, 0.1) is 5.92 Å². The van der Waals surface area contributed by atoms with Gasteiger partial charge in [-0.05, 0) is 12.3 Å². The molecular formula is C19H20N4S. The normalized spacial score (nSPS) is 22.7. The molecular weight excluding hydrogens is 316 g/mol. The summed E-state index contributed by atoms with van der Waals surface area (Å²) in [7, 11) is 2.10. The molecule has 1 aliphatic heterocycles. The first kappa shape index (κ1) is 14.4. The maximum Gasteiger partial charge on any atom is 0.107 e. The van der Waals surface area contributed by atoms with E-state index in [0.29, 0.717) is 5.92 Å². The third-order valence-electron chi connectivity index (χ3n) is 5.44. The van der Waals surface area contributed by atoms with Gasteiger partial charge in [0.05, 0.1) is 12.2 Å². The van der Waals surface area contributed by atoms with Gasteiger partial charge < -0.3 is 0 Å². The molecule has 0 spiro atoms. The minimum absolute atomic E-state index is 0.615. The molecule has 122 valence electrons. The second-order valence-corrected chi connectivity index (χ2v) is 7.87. The first-order valence-electron chi connectivity index (χ1n) is 8.51. The van der Waals surface area contributed by atoms with Crippen molar-refractivity contribution < 1.29 is 0 Å².